The third kappa shape index (κ3) is 4.15. The van der Waals surface area contributed by atoms with Crippen LogP contribution in [0.2, 0.25) is 5.02 Å². The molecule has 4 rings (SSSR count). The number of imidazole rings is 1. The molecule has 2 aromatic carbocycles. The van der Waals surface area contributed by atoms with Crippen LogP contribution in [0, 0.1) is 5.82 Å². The number of carbonyl (C=O) groups excluding carboxylic acids is 1. The second kappa shape index (κ2) is 7.88. The minimum atomic E-state index is -4.88. The molecule has 2 aromatic heterocycles. The van der Waals surface area contributed by atoms with Gasteiger partial charge in [-0.3, -0.25) is 4.79 Å². The molecular formula is C20H12ClF4N5O. The maximum absolute atomic E-state index is 14.4. The smallest absolute Gasteiger partial charge is 0.322 e. The van der Waals surface area contributed by atoms with Gasteiger partial charge < -0.3 is 9.88 Å². The van der Waals surface area contributed by atoms with E-state index >= 15 is 0 Å². The molecular weight excluding hydrogens is 438 g/mol. The molecule has 0 radical (unpaired) electrons. The van der Waals surface area contributed by atoms with E-state index in [1.807, 2.05) is 0 Å². The van der Waals surface area contributed by atoms with E-state index in [0.29, 0.717) is 9.70 Å². The number of rotatable bonds is 4. The lowest BCUT2D eigenvalue weighted by Gasteiger charge is -2.13. The standard InChI is InChI=1S/C20H12ClF4N5O/c21-12-1-4-14(5-2-12)30-18(20(23,24)25)15(10-27-30)19(31)28-13-3-6-17(16(22)9-13)29-8-7-26-11-29/h1-11H,(H,28,31). The van der Waals surface area contributed by atoms with E-state index in [1.54, 1.807) is 0 Å². The summed E-state index contributed by atoms with van der Waals surface area (Å²) in [4.78, 5) is 16.4. The highest BCUT2D eigenvalue weighted by Gasteiger charge is 2.40. The van der Waals surface area contributed by atoms with Crippen LogP contribution >= 0.6 is 11.6 Å². The first-order chi connectivity index (χ1) is 14.7. The highest BCUT2D eigenvalue weighted by atomic mass is 35.5. The van der Waals surface area contributed by atoms with Gasteiger partial charge in [-0.1, -0.05) is 11.6 Å². The summed E-state index contributed by atoms with van der Waals surface area (Å²) in [5.74, 6) is -1.77. The second-order valence-electron chi connectivity index (χ2n) is 6.38. The van der Waals surface area contributed by atoms with Crippen LogP contribution in [-0.4, -0.2) is 25.2 Å². The Labute approximate surface area is 177 Å². The molecule has 11 heteroatoms. The van der Waals surface area contributed by atoms with Crippen LogP contribution in [0.1, 0.15) is 16.1 Å². The van der Waals surface area contributed by atoms with Gasteiger partial charge in [-0.15, -0.1) is 0 Å². The molecule has 31 heavy (non-hydrogen) atoms. The molecule has 2 heterocycles. The molecule has 0 saturated carbocycles. The van der Waals surface area contributed by atoms with Crippen molar-refractivity contribution in [2.75, 3.05) is 5.32 Å². The maximum Gasteiger partial charge on any atom is 0.434 e. The number of carbonyl (C=O) groups is 1. The minimum Gasteiger partial charge on any atom is -0.322 e. The lowest BCUT2D eigenvalue weighted by atomic mass is 10.2. The third-order valence-electron chi connectivity index (χ3n) is 4.34. The first kappa shape index (κ1) is 20.6. The molecule has 6 nitrogen and oxygen atoms in total. The van der Waals surface area contributed by atoms with Gasteiger partial charge in [-0.25, -0.2) is 14.1 Å². The number of alkyl halides is 3. The van der Waals surface area contributed by atoms with E-state index < -0.39 is 29.2 Å². The highest BCUT2D eigenvalue weighted by Crippen LogP contribution is 2.34. The number of hydrogen-bond donors (Lipinski definition) is 1. The van der Waals surface area contributed by atoms with Crippen molar-refractivity contribution < 1.29 is 22.4 Å². The van der Waals surface area contributed by atoms with Crippen molar-refractivity contribution in [3.63, 3.8) is 0 Å². The van der Waals surface area contributed by atoms with Crippen molar-refractivity contribution in [3.8, 4) is 11.4 Å². The van der Waals surface area contributed by atoms with Crippen LogP contribution < -0.4 is 5.32 Å². The number of hydrogen-bond acceptors (Lipinski definition) is 3. The Hall–Kier alpha value is -3.66. The molecule has 0 aliphatic carbocycles. The summed E-state index contributed by atoms with van der Waals surface area (Å²) in [7, 11) is 0. The average Bonchev–Trinajstić information content (AvgIpc) is 3.38. The normalized spacial score (nSPS) is 11.5. The van der Waals surface area contributed by atoms with Gasteiger partial charge in [0.1, 0.15) is 5.82 Å². The first-order valence-electron chi connectivity index (χ1n) is 8.74. The van der Waals surface area contributed by atoms with Gasteiger partial charge in [0.2, 0.25) is 0 Å². The van der Waals surface area contributed by atoms with Gasteiger partial charge in [0.05, 0.1) is 29.5 Å². The second-order valence-corrected chi connectivity index (χ2v) is 6.82. The summed E-state index contributed by atoms with van der Waals surface area (Å²) in [5, 5.41) is 6.34. The van der Waals surface area contributed by atoms with E-state index in [-0.39, 0.29) is 17.1 Å². The number of anilines is 1. The Bertz CT molecular complexity index is 1230. The molecule has 1 amide bonds. The molecule has 0 spiro atoms. The van der Waals surface area contributed by atoms with Crippen molar-refractivity contribution >= 4 is 23.2 Å². The highest BCUT2D eigenvalue weighted by molar-refractivity contribution is 6.30. The van der Waals surface area contributed by atoms with Crippen LogP contribution in [0.15, 0.2) is 67.4 Å². The van der Waals surface area contributed by atoms with E-state index in [9.17, 15) is 22.4 Å². The van der Waals surface area contributed by atoms with Crippen LogP contribution in [0.3, 0.4) is 0 Å². The Morgan fingerprint density at radius 1 is 1.10 bits per heavy atom. The number of aromatic nitrogens is 4. The summed E-state index contributed by atoms with van der Waals surface area (Å²) in [6.45, 7) is 0. The molecule has 4 aromatic rings. The van der Waals surface area contributed by atoms with Gasteiger partial charge in [0.15, 0.2) is 5.69 Å². The number of nitrogens with zero attached hydrogens (tertiary/aromatic N) is 4. The van der Waals surface area contributed by atoms with Crippen molar-refractivity contribution in [3.05, 3.63) is 89.5 Å². The zero-order valence-electron chi connectivity index (χ0n) is 15.4. The van der Waals surface area contributed by atoms with E-state index in [2.05, 4.69) is 15.4 Å². The van der Waals surface area contributed by atoms with Crippen LogP contribution in [0.5, 0.6) is 0 Å². The predicted octanol–water partition coefficient (Wildman–Crippen LogP) is 5.12. The molecule has 158 valence electrons. The zero-order valence-corrected chi connectivity index (χ0v) is 16.2. The Balaban J connectivity index is 1.66. The maximum atomic E-state index is 14.4. The van der Waals surface area contributed by atoms with Gasteiger partial charge in [-0.2, -0.15) is 18.3 Å². The van der Waals surface area contributed by atoms with Gasteiger partial charge in [0, 0.05) is 23.1 Å². The molecule has 0 aliphatic rings. The van der Waals surface area contributed by atoms with Crippen molar-refractivity contribution in [1.82, 2.24) is 19.3 Å². The van der Waals surface area contributed by atoms with E-state index in [4.69, 9.17) is 11.6 Å². The average molecular weight is 450 g/mol. The van der Waals surface area contributed by atoms with Crippen LogP contribution in [0.4, 0.5) is 23.2 Å². The lowest BCUT2D eigenvalue weighted by molar-refractivity contribution is -0.143. The quantitative estimate of drug-likeness (QED) is 0.440. The molecule has 0 fully saturated rings. The summed E-state index contributed by atoms with van der Waals surface area (Å²) >= 11 is 5.78. The molecule has 0 atom stereocenters. The Kier molecular flexibility index (Phi) is 5.24. The first-order valence-corrected chi connectivity index (χ1v) is 9.12. The van der Waals surface area contributed by atoms with Crippen molar-refractivity contribution in [1.29, 1.82) is 0 Å². The third-order valence-corrected chi connectivity index (χ3v) is 4.59. The predicted molar refractivity (Wildman–Crippen MR) is 105 cm³/mol. The number of halogens is 5. The Morgan fingerprint density at radius 2 is 1.84 bits per heavy atom. The van der Waals surface area contributed by atoms with Gasteiger partial charge in [0.25, 0.3) is 5.91 Å². The fourth-order valence-electron chi connectivity index (χ4n) is 2.96. The Morgan fingerprint density at radius 3 is 2.45 bits per heavy atom. The molecule has 0 saturated heterocycles. The van der Waals surface area contributed by atoms with Crippen molar-refractivity contribution in [2.45, 2.75) is 6.18 Å². The molecule has 0 aliphatic heterocycles. The molecule has 0 unspecified atom stereocenters. The summed E-state index contributed by atoms with van der Waals surface area (Å²) in [6, 6.07) is 9.24. The summed E-state index contributed by atoms with van der Waals surface area (Å²) < 4.78 is 57.6. The van der Waals surface area contributed by atoms with Crippen LogP contribution in [-0.2, 0) is 6.18 Å². The number of benzene rings is 2. The number of nitrogens with one attached hydrogen (secondary N) is 1. The van der Waals surface area contributed by atoms with Crippen LogP contribution in [0.25, 0.3) is 11.4 Å². The van der Waals surface area contributed by atoms with Crippen molar-refractivity contribution in [2.24, 2.45) is 0 Å². The fourth-order valence-corrected chi connectivity index (χ4v) is 3.09. The summed E-state index contributed by atoms with van der Waals surface area (Å²) in [5.41, 5.74) is -1.74. The van der Waals surface area contributed by atoms with E-state index in [0.717, 1.165) is 12.3 Å². The lowest BCUT2D eigenvalue weighted by Crippen LogP contribution is -2.20. The monoisotopic (exact) mass is 449 g/mol. The largest absolute Gasteiger partial charge is 0.434 e. The minimum absolute atomic E-state index is 0.0151. The van der Waals surface area contributed by atoms with Gasteiger partial charge in [-0.05, 0) is 42.5 Å². The topological polar surface area (TPSA) is 64.7 Å². The molecule has 1 N–H and O–H groups in total. The summed E-state index contributed by atoms with van der Waals surface area (Å²) in [6.07, 6.45) is 0.309. The van der Waals surface area contributed by atoms with Gasteiger partial charge >= 0.3 is 6.18 Å². The van der Waals surface area contributed by atoms with E-state index in [1.165, 1.54) is 59.7 Å². The number of amides is 1. The molecule has 0 bridgehead atoms. The zero-order chi connectivity index (χ0) is 22.2. The SMILES string of the molecule is O=C(Nc1ccc(-n2ccnc2)c(F)c1)c1cnn(-c2ccc(Cl)cc2)c1C(F)(F)F. The fraction of sp³-hybridized carbons (Fsp3) is 0.0500.